The Kier molecular flexibility index (Phi) is 4.46. The summed E-state index contributed by atoms with van der Waals surface area (Å²) < 4.78 is 0. The Morgan fingerprint density at radius 2 is 1.84 bits per heavy atom. The number of carbonyl (C=O) groups excluding carboxylic acids is 1. The lowest BCUT2D eigenvalue weighted by Crippen LogP contribution is -2.26. The summed E-state index contributed by atoms with van der Waals surface area (Å²) in [6.45, 7) is 0.491. The monoisotopic (exact) mass is 293 g/mol. The first-order valence-corrected chi connectivity index (χ1v) is 6.58. The van der Waals surface area contributed by atoms with Gasteiger partial charge in [0.2, 0.25) is 0 Å². The highest BCUT2D eigenvalue weighted by atomic mass is 35.5. The van der Waals surface area contributed by atoms with Crippen molar-refractivity contribution in [1.29, 1.82) is 0 Å². The fourth-order valence-electron chi connectivity index (χ4n) is 1.82. The number of hydrogen-bond acceptors (Lipinski definition) is 1. The van der Waals surface area contributed by atoms with Crippen LogP contribution in [-0.2, 0) is 6.54 Å². The van der Waals surface area contributed by atoms with E-state index in [1.807, 2.05) is 18.2 Å². The van der Waals surface area contributed by atoms with Crippen molar-refractivity contribution < 1.29 is 4.79 Å². The molecule has 0 N–H and O–H groups in total. The van der Waals surface area contributed by atoms with Crippen LogP contribution < -0.4 is 0 Å². The number of amides is 1. The lowest BCUT2D eigenvalue weighted by atomic mass is 10.1. The van der Waals surface area contributed by atoms with Gasteiger partial charge in [-0.05, 0) is 29.8 Å². The third kappa shape index (κ3) is 3.49. The normalized spacial score (nSPS) is 10.3. The highest BCUT2D eigenvalue weighted by Gasteiger charge is 2.14. The Morgan fingerprint density at radius 1 is 1.11 bits per heavy atom. The fraction of sp³-hybridized carbons (Fsp3) is 0.133. The molecule has 0 heterocycles. The molecule has 0 aliphatic rings. The van der Waals surface area contributed by atoms with Gasteiger partial charge in [0.15, 0.2) is 0 Å². The van der Waals surface area contributed by atoms with Crippen molar-refractivity contribution in [2.75, 3.05) is 7.05 Å². The van der Waals surface area contributed by atoms with Crippen LogP contribution in [0.3, 0.4) is 0 Å². The second kappa shape index (κ2) is 6.09. The maximum absolute atomic E-state index is 12.3. The lowest BCUT2D eigenvalue weighted by molar-refractivity contribution is 0.0785. The molecule has 0 radical (unpaired) electrons. The van der Waals surface area contributed by atoms with E-state index in [2.05, 4.69) is 0 Å². The Hall–Kier alpha value is -1.51. The van der Waals surface area contributed by atoms with E-state index in [1.165, 1.54) is 0 Å². The average molecular weight is 294 g/mol. The number of nitrogens with zero attached hydrogens (tertiary/aromatic N) is 1. The summed E-state index contributed by atoms with van der Waals surface area (Å²) in [7, 11) is 1.74. The van der Waals surface area contributed by atoms with Gasteiger partial charge in [-0.2, -0.15) is 0 Å². The maximum atomic E-state index is 12.3. The first kappa shape index (κ1) is 13.9. The van der Waals surface area contributed by atoms with E-state index >= 15 is 0 Å². The van der Waals surface area contributed by atoms with Crippen LogP contribution in [-0.4, -0.2) is 17.9 Å². The summed E-state index contributed by atoms with van der Waals surface area (Å²) in [5.74, 6) is -0.106. The van der Waals surface area contributed by atoms with Crippen LogP contribution in [0.5, 0.6) is 0 Å². The Labute approximate surface area is 122 Å². The highest BCUT2D eigenvalue weighted by Crippen LogP contribution is 2.18. The molecule has 0 saturated carbocycles. The molecule has 0 bridgehead atoms. The minimum Gasteiger partial charge on any atom is -0.337 e. The molecule has 0 aliphatic heterocycles. The van der Waals surface area contributed by atoms with E-state index in [0.29, 0.717) is 22.2 Å². The van der Waals surface area contributed by atoms with E-state index < -0.39 is 0 Å². The van der Waals surface area contributed by atoms with Crippen molar-refractivity contribution in [3.05, 3.63) is 69.7 Å². The second-order valence-corrected chi connectivity index (χ2v) is 5.11. The predicted octanol–water partition coefficient (Wildman–Crippen LogP) is 4.27. The molecule has 0 aromatic heterocycles. The first-order valence-electron chi connectivity index (χ1n) is 5.82. The van der Waals surface area contributed by atoms with Crippen LogP contribution in [0.15, 0.2) is 48.5 Å². The smallest absolute Gasteiger partial charge is 0.255 e. The van der Waals surface area contributed by atoms with Crippen LogP contribution in [0.1, 0.15) is 15.9 Å². The van der Waals surface area contributed by atoms with Gasteiger partial charge in [-0.1, -0.05) is 47.5 Å². The van der Waals surface area contributed by atoms with Crippen molar-refractivity contribution in [3.63, 3.8) is 0 Å². The minimum atomic E-state index is -0.106. The molecule has 0 spiro atoms. The zero-order valence-corrected chi connectivity index (χ0v) is 11.9. The van der Waals surface area contributed by atoms with Crippen molar-refractivity contribution in [1.82, 2.24) is 4.90 Å². The summed E-state index contributed by atoms with van der Waals surface area (Å²) in [6, 6.07) is 14.5. The van der Waals surface area contributed by atoms with Gasteiger partial charge >= 0.3 is 0 Å². The van der Waals surface area contributed by atoms with Crippen molar-refractivity contribution in [3.8, 4) is 0 Å². The molecule has 19 heavy (non-hydrogen) atoms. The Balaban J connectivity index is 2.14. The standard InChI is InChI=1S/C15H13Cl2NO/c1-18(10-11-5-4-6-12(16)9-11)15(19)13-7-2-3-8-14(13)17/h2-9H,10H2,1H3. The summed E-state index contributed by atoms with van der Waals surface area (Å²) in [5.41, 5.74) is 1.49. The van der Waals surface area contributed by atoms with Crippen LogP contribution in [0, 0.1) is 0 Å². The molecular formula is C15H13Cl2NO. The molecule has 0 aliphatic carbocycles. The Morgan fingerprint density at radius 3 is 2.53 bits per heavy atom. The third-order valence-electron chi connectivity index (χ3n) is 2.76. The molecule has 2 rings (SSSR count). The van der Waals surface area contributed by atoms with Gasteiger partial charge in [0.1, 0.15) is 0 Å². The molecule has 1 amide bonds. The summed E-state index contributed by atoms with van der Waals surface area (Å²) in [4.78, 5) is 13.9. The van der Waals surface area contributed by atoms with E-state index in [4.69, 9.17) is 23.2 Å². The number of rotatable bonds is 3. The van der Waals surface area contributed by atoms with E-state index in [1.54, 1.807) is 42.3 Å². The Bertz CT molecular complexity index is 598. The minimum absolute atomic E-state index is 0.106. The van der Waals surface area contributed by atoms with Gasteiger partial charge in [0.05, 0.1) is 10.6 Å². The third-order valence-corrected chi connectivity index (χ3v) is 3.32. The fourth-order valence-corrected chi connectivity index (χ4v) is 2.25. The molecule has 98 valence electrons. The van der Waals surface area contributed by atoms with Gasteiger partial charge in [-0.25, -0.2) is 0 Å². The topological polar surface area (TPSA) is 20.3 Å². The lowest BCUT2D eigenvalue weighted by Gasteiger charge is -2.18. The molecule has 0 atom stereocenters. The molecule has 0 saturated heterocycles. The predicted molar refractivity (Wildman–Crippen MR) is 78.7 cm³/mol. The quantitative estimate of drug-likeness (QED) is 0.828. The molecular weight excluding hydrogens is 281 g/mol. The number of benzene rings is 2. The molecule has 0 fully saturated rings. The molecule has 2 nitrogen and oxygen atoms in total. The molecule has 2 aromatic carbocycles. The largest absolute Gasteiger partial charge is 0.337 e. The van der Waals surface area contributed by atoms with Gasteiger partial charge in [0.25, 0.3) is 5.91 Å². The van der Waals surface area contributed by atoms with E-state index in [9.17, 15) is 4.79 Å². The van der Waals surface area contributed by atoms with Crippen LogP contribution in [0.4, 0.5) is 0 Å². The van der Waals surface area contributed by atoms with E-state index in [0.717, 1.165) is 5.56 Å². The van der Waals surface area contributed by atoms with Gasteiger partial charge in [-0.3, -0.25) is 4.79 Å². The molecule has 4 heteroatoms. The van der Waals surface area contributed by atoms with E-state index in [-0.39, 0.29) is 5.91 Å². The zero-order chi connectivity index (χ0) is 13.8. The van der Waals surface area contributed by atoms with Crippen molar-refractivity contribution >= 4 is 29.1 Å². The van der Waals surface area contributed by atoms with Crippen LogP contribution >= 0.6 is 23.2 Å². The van der Waals surface area contributed by atoms with Crippen LogP contribution in [0.25, 0.3) is 0 Å². The number of carbonyl (C=O) groups is 1. The SMILES string of the molecule is CN(Cc1cccc(Cl)c1)C(=O)c1ccccc1Cl. The molecule has 0 unspecified atom stereocenters. The first-order chi connectivity index (χ1) is 9.08. The van der Waals surface area contributed by atoms with Gasteiger partial charge in [0, 0.05) is 18.6 Å². The van der Waals surface area contributed by atoms with Gasteiger partial charge < -0.3 is 4.90 Å². The van der Waals surface area contributed by atoms with Crippen molar-refractivity contribution in [2.24, 2.45) is 0 Å². The zero-order valence-electron chi connectivity index (χ0n) is 10.4. The average Bonchev–Trinajstić information content (AvgIpc) is 2.38. The summed E-state index contributed by atoms with van der Waals surface area (Å²) >= 11 is 11.9. The maximum Gasteiger partial charge on any atom is 0.255 e. The second-order valence-electron chi connectivity index (χ2n) is 4.27. The number of halogens is 2. The number of hydrogen-bond donors (Lipinski definition) is 0. The highest BCUT2D eigenvalue weighted by molar-refractivity contribution is 6.33. The summed E-state index contributed by atoms with van der Waals surface area (Å²) in [5, 5.41) is 1.13. The molecule has 2 aromatic rings. The van der Waals surface area contributed by atoms with Gasteiger partial charge in [-0.15, -0.1) is 0 Å². The summed E-state index contributed by atoms with van der Waals surface area (Å²) in [6.07, 6.45) is 0. The van der Waals surface area contributed by atoms with Crippen molar-refractivity contribution in [2.45, 2.75) is 6.54 Å². The van der Waals surface area contributed by atoms with Crippen LogP contribution in [0.2, 0.25) is 10.0 Å².